The fourth-order valence-electron chi connectivity index (χ4n) is 3.44. The van der Waals surface area contributed by atoms with Gasteiger partial charge >= 0.3 is 0 Å². The molecule has 1 saturated heterocycles. The van der Waals surface area contributed by atoms with Crippen molar-refractivity contribution in [3.8, 4) is 5.75 Å². The Kier molecular flexibility index (Phi) is 4.66. The number of hydrogen-bond acceptors (Lipinski definition) is 5. The molecule has 1 fully saturated rings. The maximum atomic E-state index is 12.8. The Morgan fingerprint density at radius 3 is 2.74 bits per heavy atom. The molecule has 0 aliphatic carbocycles. The Morgan fingerprint density at radius 1 is 1.22 bits per heavy atom. The van der Waals surface area contributed by atoms with Crippen LogP contribution in [0.1, 0.15) is 24.2 Å². The topological polar surface area (TPSA) is 84.7 Å². The third kappa shape index (κ3) is 3.72. The van der Waals surface area contributed by atoms with Gasteiger partial charge in [-0.05, 0) is 31.9 Å². The number of nitrogens with one attached hydrogen (secondary N) is 1. The number of likely N-dealkylation sites (tertiary alicyclic amines) is 1. The van der Waals surface area contributed by atoms with E-state index >= 15 is 0 Å². The van der Waals surface area contributed by atoms with Gasteiger partial charge in [0, 0.05) is 30.6 Å². The summed E-state index contributed by atoms with van der Waals surface area (Å²) in [5.74, 6) is 1.64. The molecular formula is C20H21N3O4. The minimum Gasteiger partial charge on any atom is -0.488 e. The molecular weight excluding hydrogens is 346 g/mol. The number of aryl methyl sites for hydroxylation is 1. The van der Waals surface area contributed by atoms with Crippen molar-refractivity contribution in [3.63, 3.8) is 0 Å². The average Bonchev–Trinajstić information content (AvgIpc) is 3.11. The van der Waals surface area contributed by atoms with Crippen molar-refractivity contribution < 1.29 is 18.8 Å². The van der Waals surface area contributed by atoms with Gasteiger partial charge in [-0.15, -0.1) is 0 Å². The van der Waals surface area contributed by atoms with Crippen molar-refractivity contribution in [2.45, 2.75) is 19.8 Å². The van der Waals surface area contributed by atoms with Crippen LogP contribution < -0.4 is 10.1 Å². The Labute approximate surface area is 157 Å². The molecule has 2 aliphatic heterocycles. The smallest absolute Gasteiger partial charge is 0.253 e. The number of aromatic nitrogens is 1. The number of para-hydroxylation sites is 1. The van der Waals surface area contributed by atoms with Gasteiger partial charge < -0.3 is 19.5 Å². The SMILES string of the molecule is Cc1cc(NC(=O)C2CCN(C(=O)C3=Cc4ccccc4OC3)CC2)no1. The molecule has 7 nitrogen and oxygen atoms in total. The van der Waals surface area contributed by atoms with Gasteiger partial charge in [-0.2, -0.15) is 0 Å². The highest BCUT2D eigenvalue weighted by Gasteiger charge is 2.30. The fraction of sp³-hybridized carbons (Fsp3) is 0.350. The number of rotatable bonds is 3. The van der Waals surface area contributed by atoms with E-state index in [9.17, 15) is 9.59 Å². The zero-order chi connectivity index (χ0) is 18.8. The normalized spacial score (nSPS) is 16.9. The van der Waals surface area contributed by atoms with E-state index in [4.69, 9.17) is 9.26 Å². The molecule has 27 heavy (non-hydrogen) atoms. The summed E-state index contributed by atoms with van der Waals surface area (Å²) in [6, 6.07) is 9.35. The van der Waals surface area contributed by atoms with Crippen molar-refractivity contribution in [1.29, 1.82) is 0 Å². The number of ether oxygens (including phenoxy) is 1. The van der Waals surface area contributed by atoms with E-state index < -0.39 is 0 Å². The highest BCUT2D eigenvalue weighted by molar-refractivity contribution is 5.99. The van der Waals surface area contributed by atoms with Gasteiger partial charge in [-0.3, -0.25) is 9.59 Å². The minimum absolute atomic E-state index is 0.0181. The first-order valence-corrected chi connectivity index (χ1v) is 9.06. The standard InChI is InChI=1S/C20H21N3O4/c1-13-10-18(22-27-13)21-19(24)14-6-8-23(9-7-14)20(25)16-11-15-4-2-3-5-17(15)26-12-16/h2-5,10-11,14H,6-9,12H2,1H3,(H,21,22,24). The molecule has 2 aromatic rings. The zero-order valence-electron chi connectivity index (χ0n) is 15.1. The van der Waals surface area contributed by atoms with E-state index in [0.29, 0.717) is 43.1 Å². The van der Waals surface area contributed by atoms with Crippen LogP contribution in [-0.2, 0) is 9.59 Å². The molecule has 7 heteroatoms. The predicted octanol–water partition coefficient (Wildman–Crippen LogP) is 2.64. The van der Waals surface area contributed by atoms with Crippen LogP contribution in [0.3, 0.4) is 0 Å². The number of carbonyl (C=O) groups excluding carboxylic acids is 2. The summed E-state index contributed by atoms with van der Waals surface area (Å²) in [4.78, 5) is 27.0. The van der Waals surface area contributed by atoms with Crippen LogP contribution in [-0.4, -0.2) is 41.6 Å². The van der Waals surface area contributed by atoms with Gasteiger partial charge in [0.2, 0.25) is 5.91 Å². The second-order valence-electron chi connectivity index (χ2n) is 6.87. The monoisotopic (exact) mass is 367 g/mol. The number of piperidine rings is 1. The third-order valence-electron chi connectivity index (χ3n) is 4.94. The van der Waals surface area contributed by atoms with Gasteiger partial charge in [0.25, 0.3) is 5.91 Å². The lowest BCUT2D eigenvalue weighted by Gasteiger charge is -2.32. The molecule has 2 amide bonds. The van der Waals surface area contributed by atoms with Crippen molar-refractivity contribution in [1.82, 2.24) is 10.1 Å². The summed E-state index contributed by atoms with van der Waals surface area (Å²) in [7, 11) is 0. The lowest BCUT2D eigenvalue weighted by atomic mass is 9.95. The number of anilines is 1. The van der Waals surface area contributed by atoms with Crippen LogP contribution in [0, 0.1) is 12.8 Å². The molecule has 4 rings (SSSR count). The number of fused-ring (bicyclic) bond motifs is 1. The quantitative estimate of drug-likeness (QED) is 0.901. The van der Waals surface area contributed by atoms with Crippen molar-refractivity contribution >= 4 is 23.7 Å². The van der Waals surface area contributed by atoms with Crippen LogP contribution in [0.15, 0.2) is 40.4 Å². The van der Waals surface area contributed by atoms with Crippen LogP contribution in [0.4, 0.5) is 5.82 Å². The highest BCUT2D eigenvalue weighted by Crippen LogP contribution is 2.27. The van der Waals surface area contributed by atoms with E-state index in [2.05, 4.69) is 10.5 Å². The van der Waals surface area contributed by atoms with Crippen LogP contribution in [0.2, 0.25) is 0 Å². The Morgan fingerprint density at radius 2 is 2.00 bits per heavy atom. The maximum absolute atomic E-state index is 12.8. The Hall–Kier alpha value is -3.09. The summed E-state index contributed by atoms with van der Waals surface area (Å²) in [5.41, 5.74) is 1.57. The summed E-state index contributed by atoms with van der Waals surface area (Å²) in [6.45, 7) is 3.15. The van der Waals surface area contributed by atoms with Gasteiger partial charge in [0.15, 0.2) is 5.82 Å². The average molecular weight is 367 g/mol. The summed E-state index contributed by atoms with van der Waals surface area (Å²) >= 11 is 0. The first-order valence-electron chi connectivity index (χ1n) is 9.06. The zero-order valence-corrected chi connectivity index (χ0v) is 15.1. The van der Waals surface area contributed by atoms with E-state index in [1.807, 2.05) is 30.3 Å². The number of hydrogen-bond donors (Lipinski definition) is 1. The molecule has 140 valence electrons. The largest absolute Gasteiger partial charge is 0.488 e. The molecule has 2 aliphatic rings. The van der Waals surface area contributed by atoms with Crippen molar-refractivity contribution in [3.05, 3.63) is 47.2 Å². The van der Waals surface area contributed by atoms with Crippen LogP contribution in [0.5, 0.6) is 5.75 Å². The molecule has 1 aromatic heterocycles. The predicted molar refractivity (Wildman–Crippen MR) is 99.1 cm³/mol. The molecule has 0 bridgehead atoms. The maximum Gasteiger partial charge on any atom is 0.253 e. The van der Waals surface area contributed by atoms with Crippen LogP contribution >= 0.6 is 0 Å². The summed E-state index contributed by atoms with van der Waals surface area (Å²) in [6.07, 6.45) is 3.14. The van der Waals surface area contributed by atoms with Crippen molar-refractivity contribution in [2.24, 2.45) is 5.92 Å². The fourth-order valence-corrected chi connectivity index (χ4v) is 3.44. The second-order valence-corrected chi connectivity index (χ2v) is 6.87. The molecule has 0 unspecified atom stereocenters. The second kappa shape index (κ2) is 7.26. The van der Waals surface area contributed by atoms with E-state index in [1.165, 1.54) is 0 Å². The number of nitrogens with zero attached hydrogens (tertiary/aromatic N) is 2. The lowest BCUT2D eigenvalue weighted by molar-refractivity contribution is -0.131. The summed E-state index contributed by atoms with van der Waals surface area (Å²) in [5, 5.41) is 6.55. The first kappa shape index (κ1) is 17.3. The number of carbonyl (C=O) groups is 2. The van der Waals surface area contributed by atoms with Gasteiger partial charge in [0.05, 0.1) is 5.57 Å². The Balaban J connectivity index is 1.34. The van der Waals surface area contributed by atoms with Crippen molar-refractivity contribution in [2.75, 3.05) is 25.0 Å². The van der Waals surface area contributed by atoms with E-state index in [0.717, 1.165) is 11.3 Å². The van der Waals surface area contributed by atoms with Crippen LogP contribution in [0.25, 0.3) is 6.08 Å². The highest BCUT2D eigenvalue weighted by atomic mass is 16.5. The molecule has 1 N–H and O–H groups in total. The summed E-state index contributed by atoms with van der Waals surface area (Å²) < 4.78 is 10.6. The molecule has 0 saturated carbocycles. The van der Waals surface area contributed by atoms with E-state index in [-0.39, 0.29) is 24.3 Å². The lowest BCUT2D eigenvalue weighted by Crippen LogP contribution is -2.42. The first-order chi connectivity index (χ1) is 13.1. The van der Waals surface area contributed by atoms with Gasteiger partial charge in [-0.25, -0.2) is 0 Å². The number of amides is 2. The van der Waals surface area contributed by atoms with Gasteiger partial charge in [0.1, 0.15) is 18.1 Å². The number of benzene rings is 1. The Bertz CT molecular complexity index is 894. The van der Waals surface area contributed by atoms with Gasteiger partial charge in [-0.1, -0.05) is 23.4 Å². The van der Waals surface area contributed by atoms with E-state index in [1.54, 1.807) is 17.9 Å². The molecule has 1 aromatic carbocycles. The molecule has 0 spiro atoms. The third-order valence-corrected chi connectivity index (χ3v) is 4.94. The molecule has 3 heterocycles. The molecule has 0 atom stereocenters. The molecule has 0 radical (unpaired) electrons. The minimum atomic E-state index is -0.136.